The maximum absolute atomic E-state index is 12.5. The second-order valence-corrected chi connectivity index (χ2v) is 11.4. The standard InChI is InChI=1S/C19H33N3O4S2/c1-5-22(6-2)28(25,26)19-9-7-18(8-10-19)27(23,24)20-11-12-21-14-16(3)13-17(4)15-21/h7-10,16-17,20H,5-6,11-15H2,1-4H3/t16-,17-/m1/s1. The highest BCUT2D eigenvalue weighted by molar-refractivity contribution is 7.89. The Kier molecular flexibility index (Phi) is 8.04. The summed E-state index contributed by atoms with van der Waals surface area (Å²) in [5.74, 6) is 1.25. The van der Waals surface area contributed by atoms with Gasteiger partial charge in [-0.05, 0) is 42.5 Å². The van der Waals surface area contributed by atoms with E-state index in [0.29, 0.717) is 38.0 Å². The fourth-order valence-electron chi connectivity index (χ4n) is 3.90. The van der Waals surface area contributed by atoms with E-state index in [1.165, 1.54) is 35.0 Å². The van der Waals surface area contributed by atoms with Crippen LogP contribution in [0.5, 0.6) is 0 Å². The molecule has 1 N–H and O–H groups in total. The molecule has 0 saturated carbocycles. The number of nitrogens with zero attached hydrogens (tertiary/aromatic N) is 2. The molecule has 28 heavy (non-hydrogen) atoms. The minimum atomic E-state index is -3.67. The van der Waals surface area contributed by atoms with E-state index in [-0.39, 0.29) is 9.79 Å². The van der Waals surface area contributed by atoms with E-state index in [0.717, 1.165) is 13.1 Å². The Balaban J connectivity index is 2.00. The van der Waals surface area contributed by atoms with Crippen LogP contribution in [0.4, 0.5) is 0 Å². The van der Waals surface area contributed by atoms with Gasteiger partial charge in [-0.1, -0.05) is 27.7 Å². The Morgan fingerprint density at radius 2 is 1.46 bits per heavy atom. The van der Waals surface area contributed by atoms with E-state index in [2.05, 4.69) is 23.5 Å². The van der Waals surface area contributed by atoms with Crippen LogP contribution in [0.25, 0.3) is 0 Å². The minimum Gasteiger partial charge on any atom is -0.302 e. The van der Waals surface area contributed by atoms with Crippen molar-refractivity contribution in [2.45, 2.75) is 43.9 Å². The maximum Gasteiger partial charge on any atom is 0.243 e. The highest BCUT2D eigenvalue weighted by Gasteiger charge is 2.24. The largest absolute Gasteiger partial charge is 0.302 e. The molecule has 1 aliphatic rings. The van der Waals surface area contributed by atoms with Gasteiger partial charge in [-0.15, -0.1) is 0 Å². The van der Waals surface area contributed by atoms with Crippen LogP contribution in [-0.4, -0.2) is 65.3 Å². The highest BCUT2D eigenvalue weighted by Crippen LogP contribution is 2.21. The van der Waals surface area contributed by atoms with Gasteiger partial charge in [0.05, 0.1) is 9.79 Å². The van der Waals surface area contributed by atoms with Crippen molar-refractivity contribution >= 4 is 20.0 Å². The van der Waals surface area contributed by atoms with Crippen LogP contribution >= 0.6 is 0 Å². The van der Waals surface area contributed by atoms with Crippen molar-refractivity contribution in [1.82, 2.24) is 13.9 Å². The smallest absolute Gasteiger partial charge is 0.243 e. The number of likely N-dealkylation sites (tertiary alicyclic amines) is 1. The number of rotatable bonds is 9. The predicted octanol–water partition coefficient (Wildman–Crippen LogP) is 1.97. The molecule has 2 rings (SSSR count). The molecule has 1 fully saturated rings. The van der Waals surface area contributed by atoms with Gasteiger partial charge in [-0.25, -0.2) is 21.6 Å². The van der Waals surface area contributed by atoms with Gasteiger partial charge in [-0.2, -0.15) is 4.31 Å². The summed E-state index contributed by atoms with van der Waals surface area (Å²) >= 11 is 0. The Bertz CT molecular complexity index is 824. The lowest BCUT2D eigenvalue weighted by atomic mass is 9.92. The Morgan fingerprint density at radius 3 is 1.96 bits per heavy atom. The summed E-state index contributed by atoms with van der Waals surface area (Å²) in [5, 5.41) is 0. The van der Waals surface area contributed by atoms with Gasteiger partial charge >= 0.3 is 0 Å². The molecule has 1 aromatic carbocycles. The third-order valence-corrected chi connectivity index (χ3v) is 8.68. The molecular formula is C19H33N3O4S2. The highest BCUT2D eigenvalue weighted by atomic mass is 32.2. The fourth-order valence-corrected chi connectivity index (χ4v) is 6.38. The number of hydrogen-bond donors (Lipinski definition) is 1. The van der Waals surface area contributed by atoms with Crippen molar-refractivity contribution in [1.29, 1.82) is 0 Å². The van der Waals surface area contributed by atoms with E-state index in [9.17, 15) is 16.8 Å². The third kappa shape index (κ3) is 5.76. The molecule has 2 atom stereocenters. The first-order valence-corrected chi connectivity index (χ1v) is 12.8. The van der Waals surface area contributed by atoms with Crippen LogP contribution < -0.4 is 4.72 Å². The number of benzene rings is 1. The van der Waals surface area contributed by atoms with Gasteiger partial charge in [0.15, 0.2) is 0 Å². The molecule has 0 aromatic heterocycles. The normalized spacial score (nSPS) is 21.9. The van der Waals surface area contributed by atoms with Crippen molar-refractivity contribution < 1.29 is 16.8 Å². The molecular weight excluding hydrogens is 398 g/mol. The molecule has 0 unspecified atom stereocenters. The summed E-state index contributed by atoms with van der Waals surface area (Å²) in [6, 6.07) is 5.42. The molecule has 160 valence electrons. The topological polar surface area (TPSA) is 86.8 Å². The predicted molar refractivity (Wildman–Crippen MR) is 111 cm³/mol. The fraction of sp³-hybridized carbons (Fsp3) is 0.684. The Labute approximate surface area is 170 Å². The summed E-state index contributed by atoms with van der Waals surface area (Å²) in [6.45, 7) is 11.7. The van der Waals surface area contributed by atoms with Gasteiger partial charge in [-0.3, -0.25) is 0 Å². The number of piperidine rings is 1. The molecule has 1 aromatic rings. The lowest BCUT2D eigenvalue weighted by Gasteiger charge is -2.34. The monoisotopic (exact) mass is 431 g/mol. The Morgan fingerprint density at radius 1 is 0.964 bits per heavy atom. The summed E-state index contributed by atoms with van der Waals surface area (Å²) in [5.41, 5.74) is 0. The van der Waals surface area contributed by atoms with Crippen molar-refractivity contribution in [3.05, 3.63) is 24.3 Å². The minimum absolute atomic E-state index is 0.0753. The molecule has 1 saturated heterocycles. The first kappa shape index (κ1) is 23.3. The van der Waals surface area contributed by atoms with Crippen LogP contribution in [0.3, 0.4) is 0 Å². The molecule has 7 nitrogen and oxygen atoms in total. The van der Waals surface area contributed by atoms with Crippen molar-refractivity contribution in [3.63, 3.8) is 0 Å². The molecule has 0 radical (unpaired) electrons. The van der Waals surface area contributed by atoms with Crippen LogP contribution in [-0.2, 0) is 20.0 Å². The number of hydrogen-bond acceptors (Lipinski definition) is 5. The number of sulfonamides is 2. The lowest BCUT2D eigenvalue weighted by molar-refractivity contribution is 0.143. The van der Waals surface area contributed by atoms with E-state index in [1.54, 1.807) is 13.8 Å². The molecule has 1 aliphatic heterocycles. The van der Waals surface area contributed by atoms with Crippen LogP contribution in [0.15, 0.2) is 34.1 Å². The average Bonchev–Trinajstić information content (AvgIpc) is 2.61. The molecule has 1 heterocycles. The zero-order chi connectivity index (χ0) is 20.9. The third-order valence-electron chi connectivity index (χ3n) is 5.14. The average molecular weight is 432 g/mol. The van der Waals surface area contributed by atoms with E-state index in [4.69, 9.17) is 0 Å². The van der Waals surface area contributed by atoms with Crippen molar-refractivity contribution in [2.24, 2.45) is 11.8 Å². The van der Waals surface area contributed by atoms with Crippen LogP contribution in [0.1, 0.15) is 34.1 Å². The van der Waals surface area contributed by atoms with Gasteiger partial charge in [0.25, 0.3) is 0 Å². The summed E-state index contributed by atoms with van der Waals surface area (Å²) < 4.78 is 54.0. The second-order valence-electron chi connectivity index (χ2n) is 7.66. The molecule has 0 spiro atoms. The summed E-state index contributed by atoms with van der Waals surface area (Å²) in [7, 11) is -7.26. The quantitative estimate of drug-likeness (QED) is 0.646. The van der Waals surface area contributed by atoms with Crippen molar-refractivity contribution in [2.75, 3.05) is 39.3 Å². The van der Waals surface area contributed by atoms with E-state index in [1.807, 2.05) is 0 Å². The van der Waals surface area contributed by atoms with Gasteiger partial charge in [0.1, 0.15) is 0 Å². The maximum atomic E-state index is 12.5. The zero-order valence-electron chi connectivity index (χ0n) is 17.3. The van der Waals surface area contributed by atoms with E-state index >= 15 is 0 Å². The van der Waals surface area contributed by atoms with Gasteiger partial charge < -0.3 is 4.90 Å². The van der Waals surface area contributed by atoms with E-state index < -0.39 is 20.0 Å². The second kappa shape index (κ2) is 9.67. The molecule has 0 aliphatic carbocycles. The zero-order valence-corrected chi connectivity index (χ0v) is 18.9. The SMILES string of the molecule is CCN(CC)S(=O)(=O)c1ccc(S(=O)(=O)NCCN2C[C@H](C)C[C@@H](C)C2)cc1. The van der Waals surface area contributed by atoms with Crippen LogP contribution in [0, 0.1) is 11.8 Å². The summed E-state index contributed by atoms with van der Waals surface area (Å²) in [4.78, 5) is 2.47. The molecule has 0 amide bonds. The first-order valence-electron chi connectivity index (χ1n) is 9.92. The Hall–Kier alpha value is -1.00. The summed E-state index contributed by atoms with van der Waals surface area (Å²) in [6.07, 6.45) is 1.21. The number of nitrogens with one attached hydrogen (secondary N) is 1. The van der Waals surface area contributed by atoms with Gasteiger partial charge in [0, 0.05) is 39.3 Å². The first-order chi connectivity index (χ1) is 13.1. The van der Waals surface area contributed by atoms with Crippen molar-refractivity contribution in [3.8, 4) is 0 Å². The molecule has 0 bridgehead atoms. The van der Waals surface area contributed by atoms with Crippen LogP contribution in [0.2, 0.25) is 0 Å². The lowest BCUT2D eigenvalue weighted by Crippen LogP contribution is -2.42. The van der Waals surface area contributed by atoms with Gasteiger partial charge in [0.2, 0.25) is 20.0 Å². The molecule has 9 heteroatoms.